The Morgan fingerprint density at radius 1 is 1.32 bits per heavy atom. The van der Waals surface area contributed by atoms with Gasteiger partial charge in [0.1, 0.15) is 11.9 Å². The summed E-state index contributed by atoms with van der Waals surface area (Å²) in [5, 5.41) is 3.59. The Morgan fingerprint density at radius 2 is 2.05 bits per heavy atom. The quantitative estimate of drug-likeness (QED) is 0.869. The van der Waals surface area contributed by atoms with E-state index in [1.807, 2.05) is 0 Å². The van der Waals surface area contributed by atoms with Crippen LogP contribution in [0, 0.1) is 19.3 Å². The summed E-state index contributed by atoms with van der Waals surface area (Å²) in [6.07, 6.45) is 2.60. The lowest BCUT2D eigenvalue weighted by molar-refractivity contribution is -0.0699. The molecule has 0 aromatic heterocycles. The van der Waals surface area contributed by atoms with Crippen LogP contribution in [0.15, 0.2) is 18.2 Å². The van der Waals surface area contributed by atoms with Crippen molar-refractivity contribution in [1.82, 2.24) is 5.32 Å². The summed E-state index contributed by atoms with van der Waals surface area (Å²) < 4.78 is 6.31. The molecule has 2 rings (SSSR count). The molecule has 1 aliphatic rings. The molecule has 0 heterocycles. The van der Waals surface area contributed by atoms with Crippen molar-refractivity contribution in [2.24, 2.45) is 5.41 Å². The van der Waals surface area contributed by atoms with E-state index in [0.717, 1.165) is 25.1 Å². The zero-order valence-electron chi connectivity index (χ0n) is 12.9. The number of benzene rings is 1. The van der Waals surface area contributed by atoms with Crippen LogP contribution in [0.3, 0.4) is 0 Å². The second-order valence-corrected chi connectivity index (χ2v) is 6.08. The van der Waals surface area contributed by atoms with E-state index in [-0.39, 0.29) is 5.41 Å². The molecule has 0 amide bonds. The molecule has 0 radical (unpaired) electrons. The first-order valence-corrected chi connectivity index (χ1v) is 7.48. The van der Waals surface area contributed by atoms with E-state index in [4.69, 9.17) is 4.74 Å². The molecule has 0 aliphatic heterocycles. The molecule has 3 atom stereocenters. The Kier molecular flexibility index (Phi) is 4.19. The topological polar surface area (TPSA) is 21.3 Å². The average molecular weight is 261 g/mol. The van der Waals surface area contributed by atoms with Crippen molar-refractivity contribution in [2.75, 3.05) is 6.54 Å². The standard InChI is InChI=1S/C17H27NO/c1-6-17(5)15(18-7-2)11-16(17)19-14-10-12(3)8-9-13(14)4/h8-10,15-16,18H,6-7,11H2,1-5H3. The van der Waals surface area contributed by atoms with E-state index in [1.165, 1.54) is 11.1 Å². The van der Waals surface area contributed by atoms with Gasteiger partial charge in [-0.25, -0.2) is 0 Å². The van der Waals surface area contributed by atoms with Crippen LogP contribution >= 0.6 is 0 Å². The maximum absolute atomic E-state index is 6.31. The van der Waals surface area contributed by atoms with Gasteiger partial charge in [-0.05, 0) is 44.0 Å². The van der Waals surface area contributed by atoms with E-state index >= 15 is 0 Å². The summed E-state index contributed by atoms with van der Waals surface area (Å²) in [6.45, 7) is 12.1. The number of rotatable bonds is 5. The average Bonchev–Trinajstić information content (AvgIpc) is 2.40. The van der Waals surface area contributed by atoms with Crippen LogP contribution < -0.4 is 10.1 Å². The van der Waals surface area contributed by atoms with E-state index in [0.29, 0.717) is 12.1 Å². The molecule has 19 heavy (non-hydrogen) atoms. The van der Waals surface area contributed by atoms with Crippen LogP contribution in [0.4, 0.5) is 0 Å². The SMILES string of the molecule is CCNC1CC(Oc2cc(C)ccc2C)C1(C)CC. The minimum absolute atomic E-state index is 0.256. The molecule has 2 heteroatoms. The fourth-order valence-corrected chi connectivity index (χ4v) is 3.02. The molecule has 2 nitrogen and oxygen atoms in total. The molecule has 1 aliphatic carbocycles. The summed E-state index contributed by atoms with van der Waals surface area (Å²) in [7, 11) is 0. The third kappa shape index (κ3) is 2.64. The monoisotopic (exact) mass is 261 g/mol. The molecule has 1 aromatic rings. The summed E-state index contributed by atoms with van der Waals surface area (Å²) in [6, 6.07) is 7.04. The minimum Gasteiger partial charge on any atom is -0.489 e. The molecule has 1 fully saturated rings. The number of hydrogen-bond donors (Lipinski definition) is 1. The third-order valence-electron chi connectivity index (χ3n) is 4.81. The predicted molar refractivity (Wildman–Crippen MR) is 80.8 cm³/mol. The maximum atomic E-state index is 6.31. The van der Waals surface area contributed by atoms with Crippen molar-refractivity contribution < 1.29 is 4.74 Å². The fourth-order valence-electron chi connectivity index (χ4n) is 3.02. The van der Waals surface area contributed by atoms with Crippen LogP contribution in [-0.4, -0.2) is 18.7 Å². The van der Waals surface area contributed by atoms with Crippen LogP contribution in [0.2, 0.25) is 0 Å². The Labute approximate surface area is 117 Å². The van der Waals surface area contributed by atoms with Gasteiger partial charge in [0, 0.05) is 17.9 Å². The Hall–Kier alpha value is -1.02. The van der Waals surface area contributed by atoms with Crippen molar-refractivity contribution in [3.63, 3.8) is 0 Å². The predicted octanol–water partition coefficient (Wildman–Crippen LogP) is 3.85. The van der Waals surface area contributed by atoms with Crippen molar-refractivity contribution in [3.05, 3.63) is 29.3 Å². The van der Waals surface area contributed by atoms with Crippen LogP contribution in [0.5, 0.6) is 5.75 Å². The van der Waals surface area contributed by atoms with Gasteiger partial charge in [0.15, 0.2) is 0 Å². The maximum Gasteiger partial charge on any atom is 0.122 e. The lowest BCUT2D eigenvalue weighted by Gasteiger charge is -2.53. The first kappa shape index (κ1) is 14.4. The van der Waals surface area contributed by atoms with E-state index < -0.39 is 0 Å². The van der Waals surface area contributed by atoms with Gasteiger partial charge in [0.05, 0.1) is 0 Å². The van der Waals surface area contributed by atoms with Gasteiger partial charge in [0.2, 0.25) is 0 Å². The highest BCUT2D eigenvalue weighted by Crippen LogP contribution is 2.46. The highest BCUT2D eigenvalue weighted by atomic mass is 16.5. The molecular formula is C17H27NO. The van der Waals surface area contributed by atoms with Gasteiger partial charge in [-0.2, -0.15) is 0 Å². The zero-order valence-corrected chi connectivity index (χ0v) is 12.9. The fraction of sp³-hybridized carbons (Fsp3) is 0.647. The highest BCUT2D eigenvalue weighted by molar-refractivity contribution is 5.36. The van der Waals surface area contributed by atoms with Crippen molar-refractivity contribution >= 4 is 0 Å². The summed E-state index contributed by atoms with van der Waals surface area (Å²) in [4.78, 5) is 0. The summed E-state index contributed by atoms with van der Waals surface area (Å²) in [5.41, 5.74) is 2.75. The molecular weight excluding hydrogens is 234 g/mol. The summed E-state index contributed by atoms with van der Waals surface area (Å²) >= 11 is 0. The molecule has 0 spiro atoms. The number of hydrogen-bond acceptors (Lipinski definition) is 2. The Balaban J connectivity index is 2.10. The molecule has 0 saturated heterocycles. The molecule has 1 aromatic carbocycles. The van der Waals surface area contributed by atoms with E-state index in [1.54, 1.807) is 0 Å². The first-order chi connectivity index (χ1) is 9.01. The zero-order chi connectivity index (χ0) is 14.0. The van der Waals surface area contributed by atoms with Crippen LogP contribution in [0.1, 0.15) is 44.7 Å². The normalized spacial score (nSPS) is 29.9. The van der Waals surface area contributed by atoms with Gasteiger partial charge in [0.25, 0.3) is 0 Å². The van der Waals surface area contributed by atoms with E-state index in [9.17, 15) is 0 Å². The van der Waals surface area contributed by atoms with Gasteiger partial charge in [-0.1, -0.05) is 32.9 Å². The highest BCUT2D eigenvalue weighted by Gasteiger charge is 2.51. The molecule has 0 bridgehead atoms. The number of nitrogens with one attached hydrogen (secondary N) is 1. The molecule has 1 saturated carbocycles. The largest absolute Gasteiger partial charge is 0.489 e. The molecule has 106 valence electrons. The van der Waals surface area contributed by atoms with Crippen molar-refractivity contribution in [1.29, 1.82) is 0 Å². The lowest BCUT2D eigenvalue weighted by Crippen LogP contribution is -2.63. The second-order valence-electron chi connectivity index (χ2n) is 6.08. The molecule has 3 unspecified atom stereocenters. The summed E-state index contributed by atoms with van der Waals surface area (Å²) in [5.74, 6) is 1.06. The third-order valence-corrected chi connectivity index (χ3v) is 4.81. The smallest absolute Gasteiger partial charge is 0.122 e. The van der Waals surface area contributed by atoms with Crippen LogP contribution in [0.25, 0.3) is 0 Å². The lowest BCUT2D eigenvalue weighted by atomic mass is 9.61. The number of aryl methyl sites for hydroxylation is 2. The van der Waals surface area contributed by atoms with Crippen LogP contribution in [-0.2, 0) is 0 Å². The molecule has 1 N–H and O–H groups in total. The van der Waals surface area contributed by atoms with E-state index in [2.05, 4.69) is 58.1 Å². The van der Waals surface area contributed by atoms with Gasteiger partial charge in [-0.3, -0.25) is 0 Å². The van der Waals surface area contributed by atoms with Crippen molar-refractivity contribution in [2.45, 2.75) is 59.6 Å². The first-order valence-electron chi connectivity index (χ1n) is 7.48. The minimum atomic E-state index is 0.256. The van der Waals surface area contributed by atoms with Gasteiger partial charge >= 0.3 is 0 Å². The van der Waals surface area contributed by atoms with Gasteiger partial charge < -0.3 is 10.1 Å². The Bertz CT molecular complexity index is 443. The number of ether oxygens (including phenoxy) is 1. The van der Waals surface area contributed by atoms with Crippen molar-refractivity contribution in [3.8, 4) is 5.75 Å². The second kappa shape index (κ2) is 5.54. The Morgan fingerprint density at radius 3 is 2.68 bits per heavy atom. The van der Waals surface area contributed by atoms with Gasteiger partial charge in [-0.15, -0.1) is 0 Å².